The maximum atomic E-state index is 12.5. The fourth-order valence-corrected chi connectivity index (χ4v) is 5.40. The predicted octanol–water partition coefficient (Wildman–Crippen LogP) is 10.1. The van der Waals surface area contributed by atoms with Crippen LogP contribution in [0.1, 0.15) is 194 Å². The first-order valence-corrected chi connectivity index (χ1v) is 17.7. The number of nitrogens with one attached hydrogen (secondary N) is 1. The van der Waals surface area contributed by atoms with E-state index in [1.165, 1.54) is 116 Å². The number of esters is 1. The molecule has 0 aliphatic carbocycles. The first kappa shape index (κ1) is 39.4. The number of carboxylic acid groups (broad SMARTS) is 1. The molecule has 0 aromatic carbocycles. The van der Waals surface area contributed by atoms with E-state index in [1.54, 1.807) is 0 Å². The molecule has 1 atom stereocenters. The molecular formula is C35H67NO5. The van der Waals surface area contributed by atoms with Gasteiger partial charge in [-0.1, -0.05) is 142 Å². The van der Waals surface area contributed by atoms with Crippen molar-refractivity contribution < 1.29 is 24.2 Å². The van der Waals surface area contributed by atoms with Gasteiger partial charge in [-0.2, -0.15) is 0 Å². The number of ether oxygens (including phenoxy) is 1. The van der Waals surface area contributed by atoms with Gasteiger partial charge >= 0.3 is 11.9 Å². The molecule has 0 aromatic rings. The van der Waals surface area contributed by atoms with Crippen LogP contribution >= 0.6 is 0 Å². The van der Waals surface area contributed by atoms with Crippen LogP contribution < -0.4 is 5.32 Å². The molecule has 0 bridgehead atoms. The van der Waals surface area contributed by atoms with Gasteiger partial charge in [-0.3, -0.25) is 14.4 Å². The van der Waals surface area contributed by atoms with Gasteiger partial charge in [0.15, 0.2) is 0 Å². The van der Waals surface area contributed by atoms with Crippen LogP contribution in [0.15, 0.2) is 0 Å². The summed E-state index contributed by atoms with van der Waals surface area (Å²) in [7, 11) is 0. The summed E-state index contributed by atoms with van der Waals surface area (Å²) < 4.78 is 5.87. The second-order valence-electron chi connectivity index (χ2n) is 12.1. The average molecular weight is 582 g/mol. The molecule has 1 amide bonds. The zero-order valence-electron chi connectivity index (χ0n) is 27.2. The molecule has 0 aliphatic heterocycles. The number of carbonyl (C=O) groups excluding carboxylic acids is 2. The van der Waals surface area contributed by atoms with Crippen LogP contribution in [0.2, 0.25) is 0 Å². The summed E-state index contributed by atoms with van der Waals surface area (Å²) in [5.74, 6) is -1.30. The zero-order chi connectivity index (χ0) is 30.2. The molecule has 1 unspecified atom stereocenters. The Morgan fingerprint density at radius 3 is 1.34 bits per heavy atom. The van der Waals surface area contributed by atoms with Gasteiger partial charge in [0.05, 0.1) is 0 Å². The number of rotatable bonds is 32. The van der Waals surface area contributed by atoms with Crippen molar-refractivity contribution in [3.8, 4) is 0 Å². The molecule has 0 saturated heterocycles. The van der Waals surface area contributed by atoms with Gasteiger partial charge in [-0.25, -0.2) is 0 Å². The molecular weight excluding hydrogens is 514 g/mol. The lowest BCUT2D eigenvalue weighted by Gasteiger charge is -2.18. The van der Waals surface area contributed by atoms with Crippen molar-refractivity contribution in [3.05, 3.63) is 0 Å². The van der Waals surface area contributed by atoms with Crippen molar-refractivity contribution in [1.29, 1.82) is 0 Å². The highest BCUT2D eigenvalue weighted by Gasteiger charge is 2.14. The number of hydrogen-bond acceptors (Lipinski definition) is 4. The summed E-state index contributed by atoms with van der Waals surface area (Å²) in [5.41, 5.74) is 0. The molecule has 242 valence electrons. The predicted molar refractivity (Wildman–Crippen MR) is 171 cm³/mol. The Morgan fingerprint density at radius 1 is 0.537 bits per heavy atom. The van der Waals surface area contributed by atoms with Crippen LogP contribution in [0.25, 0.3) is 0 Å². The van der Waals surface area contributed by atoms with Gasteiger partial charge in [0.1, 0.15) is 12.6 Å². The third-order valence-corrected chi connectivity index (χ3v) is 8.03. The molecule has 6 heteroatoms. The fourth-order valence-electron chi connectivity index (χ4n) is 5.40. The molecule has 0 aromatic heterocycles. The fraction of sp³-hybridized carbons (Fsp3) is 0.914. The Hall–Kier alpha value is -1.59. The van der Waals surface area contributed by atoms with E-state index >= 15 is 0 Å². The van der Waals surface area contributed by atoms with Crippen molar-refractivity contribution in [1.82, 2.24) is 5.32 Å². The van der Waals surface area contributed by atoms with Crippen molar-refractivity contribution in [2.75, 3.05) is 6.54 Å². The van der Waals surface area contributed by atoms with E-state index in [2.05, 4.69) is 19.2 Å². The van der Waals surface area contributed by atoms with E-state index in [1.807, 2.05) is 0 Å². The van der Waals surface area contributed by atoms with Crippen LogP contribution in [0, 0.1) is 0 Å². The van der Waals surface area contributed by atoms with Crippen LogP contribution in [0.3, 0.4) is 0 Å². The summed E-state index contributed by atoms with van der Waals surface area (Å²) in [4.78, 5) is 34.7. The van der Waals surface area contributed by atoms with E-state index < -0.39 is 5.97 Å². The van der Waals surface area contributed by atoms with Gasteiger partial charge in [0.25, 0.3) is 0 Å². The maximum Gasteiger partial charge on any atom is 0.322 e. The molecule has 6 nitrogen and oxygen atoms in total. The molecule has 0 rings (SSSR count). The topological polar surface area (TPSA) is 92.7 Å². The number of aliphatic carboxylic acids is 1. The number of carboxylic acids is 1. The molecule has 0 saturated carbocycles. The Bertz CT molecular complexity index is 609. The number of hydrogen-bond donors (Lipinski definition) is 2. The molecule has 2 N–H and O–H groups in total. The van der Waals surface area contributed by atoms with E-state index in [9.17, 15) is 14.4 Å². The minimum atomic E-state index is -1.03. The highest BCUT2D eigenvalue weighted by atomic mass is 16.5. The number of amides is 1. The van der Waals surface area contributed by atoms with E-state index in [-0.39, 0.29) is 24.5 Å². The van der Waals surface area contributed by atoms with Gasteiger partial charge in [-0.15, -0.1) is 0 Å². The summed E-state index contributed by atoms with van der Waals surface area (Å²) in [6, 6.07) is 0. The first-order valence-electron chi connectivity index (χ1n) is 17.7. The second kappa shape index (κ2) is 31.3. The Labute approximate surface area is 253 Å². The van der Waals surface area contributed by atoms with Crippen molar-refractivity contribution in [3.63, 3.8) is 0 Å². The first-order chi connectivity index (χ1) is 20.0. The number of carbonyl (C=O) groups is 3. The summed E-state index contributed by atoms with van der Waals surface area (Å²) in [5, 5.41) is 11.0. The summed E-state index contributed by atoms with van der Waals surface area (Å²) in [6.45, 7) is 4.15. The van der Waals surface area contributed by atoms with Crippen molar-refractivity contribution >= 4 is 17.8 Å². The molecule has 41 heavy (non-hydrogen) atoms. The van der Waals surface area contributed by atoms with Gasteiger partial charge in [-0.05, 0) is 38.5 Å². The highest BCUT2D eigenvalue weighted by Crippen LogP contribution is 2.18. The molecule has 0 fully saturated rings. The van der Waals surface area contributed by atoms with Gasteiger partial charge < -0.3 is 15.2 Å². The normalized spacial score (nSPS) is 11.9. The van der Waals surface area contributed by atoms with Gasteiger partial charge in [0.2, 0.25) is 5.91 Å². The van der Waals surface area contributed by atoms with E-state index in [0.29, 0.717) is 12.8 Å². The molecule has 0 spiro atoms. The van der Waals surface area contributed by atoms with Crippen LogP contribution in [-0.2, 0) is 19.1 Å². The maximum absolute atomic E-state index is 12.5. The molecule has 0 aliphatic rings. The minimum absolute atomic E-state index is 0.0222. The number of unbranched alkanes of at least 4 members (excludes halogenated alkanes) is 21. The van der Waals surface area contributed by atoms with Gasteiger partial charge in [0, 0.05) is 12.8 Å². The van der Waals surface area contributed by atoms with Crippen LogP contribution in [-0.4, -0.2) is 35.6 Å². The SMILES string of the molecule is CCCCCCCCCCCCCCCCCCCC(=O)OC(CCCCCC)CCCCCC(=O)NCC(=O)O. The van der Waals surface area contributed by atoms with Crippen LogP contribution in [0.4, 0.5) is 0 Å². The lowest BCUT2D eigenvalue weighted by molar-refractivity contribution is -0.150. The Kier molecular flexibility index (Phi) is 30.1. The second-order valence-corrected chi connectivity index (χ2v) is 12.1. The minimum Gasteiger partial charge on any atom is -0.480 e. The van der Waals surface area contributed by atoms with Crippen molar-refractivity contribution in [2.45, 2.75) is 200 Å². The summed E-state index contributed by atoms with van der Waals surface area (Å²) in [6.07, 6.45) is 32.4. The third-order valence-electron chi connectivity index (χ3n) is 8.03. The lowest BCUT2D eigenvalue weighted by Crippen LogP contribution is -2.28. The standard InChI is InChI=1S/C35H67NO5/c1-3-5-7-9-10-11-12-13-14-15-16-17-18-19-20-21-26-30-35(40)41-32(27-23-8-6-4-2)28-24-22-25-29-33(37)36-31-34(38)39/h32H,3-31H2,1-2H3,(H,36,37)(H,38,39). The Morgan fingerprint density at radius 2 is 0.902 bits per heavy atom. The highest BCUT2D eigenvalue weighted by molar-refractivity contribution is 5.80. The monoisotopic (exact) mass is 582 g/mol. The van der Waals surface area contributed by atoms with Crippen molar-refractivity contribution in [2.24, 2.45) is 0 Å². The summed E-state index contributed by atoms with van der Waals surface area (Å²) >= 11 is 0. The van der Waals surface area contributed by atoms with Crippen LogP contribution in [0.5, 0.6) is 0 Å². The molecule has 0 heterocycles. The zero-order valence-corrected chi connectivity index (χ0v) is 27.2. The third kappa shape index (κ3) is 31.2. The Balaban J connectivity index is 3.79. The lowest BCUT2D eigenvalue weighted by atomic mass is 10.0. The largest absolute Gasteiger partial charge is 0.480 e. The van der Waals surface area contributed by atoms with E-state index in [4.69, 9.17) is 9.84 Å². The quantitative estimate of drug-likeness (QED) is 0.0609. The van der Waals surface area contributed by atoms with E-state index in [0.717, 1.165) is 51.4 Å². The average Bonchev–Trinajstić information content (AvgIpc) is 2.95. The molecule has 0 radical (unpaired) electrons. The smallest absolute Gasteiger partial charge is 0.322 e.